The summed E-state index contributed by atoms with van der Waals surface area (Å²) in [6, 6.07) is 8.57. The van der Waals surface area contributed by atoms with Gasteiger partial charge in [-0.25, -0.2) is 0 Å². The van der Waals surface area contributed by atoms with Crippen molar-refractivity contribution in [2.75, 3.05) is 5.32 Å². The highest BCUT2D eigenvalue weighted by atomic mass is 19.4. The van der Waals surface area contributed by atoms with Crippen molar-refractivity contribution >= 4 is 5.69 Å². The molecule has 0 spiro atoms. The number of hydrogen-bond acceptors (Lipinski definition) is 2. The molecular formula is C12H11F3N2. The maximum atomic E-state index is 12.2. The van der Waals surface area contributed by atoms with E-state index < -0.39 is 12.1 Å². The molecule has 1 aliphatic carbocycles. The molecule has 1 saturated carbocycles. The van der Waals surface area contributed by atoms with Gasteiger partial charge in [0.2, 0.25) is 0 Å². The molecule has 1 fully saturated rings. The minimum Gasteiger partial charge on any atom is -0.382 e. The molecule has 0 aromatic heterocycles. The van der Waals surface area contributed by atoms with Gasteiger partial charge < -0.3 is 5.32 Å². The van der Waals surface area contributed by atoms with Gasteiger partial charge in [0.1, 0.15) is 0 Å². The molecule has 1 aliphatic rings. The lowest BCUT2D eigenvalue weighted by molar-refractivity contribution is -0.195. The largest absolute Gasteiger partial charge is 0.391 e. The van der Waals surface area contributed by atoms with Crippen molar-refractivity contribution < 1.29 is 13.2 Å². The minimum absolute atomic E-state index is 0.116. The van der Waals surface area contributed by atoms with Crippen LogP contribution in [0.5, 0.6) is 0 Å². The van der Waals surface area contributed by atoms with E-state index in [1.165, 1.54) is 0 Å². The summed E-state index contributed by atoms with van der Waals surface area (Å²) in [4.78, 5) is 0. The molecule has 0 amide bonds. The number of anilines is 1. The van der Waals surface area contributed by atoms with Crippen molar-refractivity contribution in [1.82, 2.24) is 0 Å². The van der Waals surface area contributed by atoms with Crippen LogP contribution in [0, 0.1) is 17.2 Å². The highest BCUT2D eigenvalue weighted by Crippen LogP contribution is 2.42. The van der Waals surface area contributed by atoms with E-state index in [0.717, 1.165) is 5.69 Å². The maximum Gasteiger partial charge on any atom is 0.391 e. The van der Waals surface area contributed by atoms with Gasteiger partial charge in [-0.15, -0.1) is 0 Å². The Labute approximate surface area is 97.1 Å². The first-order valence-corrected chi connectivity index (χ1v) is 5.32. The molecule has 0 saturated heterocycles. The number of halogens is 3. The summed E-state index contributed by atoms with van der Waals surface area (Å²) in [7, 11) is 0. The summed E-state index contributed by atoms with van der Waals surface area (Å²) in [5.41, 5.74) is 1.30. The molecule has 0 bridgehead atoms. The maximum absolute atomic E-state index is 12.2. The van der Waals surface area contributed by atoms with Crippen LogP contribution in [-0.4, -0.2) is 12.2 Å². The first kappa shape index (κ1) is 11.8. The lowest BCUT2D eigenvalue weighted by Gasteiger charge is -2.37. The van der Waals surface area contributed by atoms with Gasteiger partial charge in [-0.1, -0.05) is 0 Å². The van der Waals surface area contributed by atoms with Gasteiger partial charge in [-0.3, -0.25) is 0 Å². The highest BCUT2D eigenvalue weighted by molar-refractivity contribution is 5.48. The topological polar surface area (TPSA) is 35.8 Å². The van der Waals surface area contributed by atoms with Gasteiger partial charge >= 0.3 is 6.18 Å². The molecule has 17 heavy (non-hydrogen) atoms. The van der Waals surface area contributed by atoms with Crippen LogP contribution in [0.3, 0.4) is 0 Å². The summed E-state index contributed by atoms with van der Waals surface area (Å²) >= 11 is 0. The van der Waals surface area contributed by atoms with Crippen molar-refractivity contribution in [1.29, 1.82) is 5.26 Å². The van der Waals surface area contributed by atoms with E-state index in [4.69, 9.17) is 5.26 Å². The first-order valence-electron chi connectivity index (χ1n) is 5.32. The third-order valence-corrected chi connectivity index (χ3v) is 2.99. The molecular weight excluding hydrogens is 229 g/mol. The molecule has 90 valence electrons. The Bertz CT molecular complexity index is 425. The molecule has 2 nitrogen and oxygen atoms in total. The molecule has 1 aromatic rings. The third kappa shape index (κ3) is 2.70. The molecule has 0 unspecified atom stereocenters. The summed E-state index contributed by atoms with van der Waals surface area (Å²) in [6.45, 7) is 0. The zero-order chi connectivity index (χ0) is 12.5. The summed E-state index contributed by atoms with van der Waals surface area (Å²) in [6.07, 6.45) is -3.81. The quantitative estimate of drug-likeness (QED) is 0.860. The Morgan fingerprint density at radius 2 is 1.76 bits per heavy atom. The summed E-state index contributed by atoms with van der Waals surface area (Å²) in [5, 5.41) is 11.6. The fraction of sp³-hybridized carbons (Fsp3) is 0.417. The van der Waals surface area contributed by atoms with Crippen LogP contribution in [-0.2, 0) is 0 Å². The molecule has 0 heterocycles. The smallest absolute Gasteiger partial charge is 0.382 e. The Hall–Kier alpha value is -1.70. The van der Waals surface area contributed by atoms with E-state index in [9.17, 15) is 13.2 Å². The van der Waals surface area contributed by atoms with Gasteiger partial charge in [0.05, 0.1) is 17.6 Å². The fourth-order valence-electron chi connectivity index (χ4n) is 1.88. The van der Waals surface area contributed by atoms with Crippen molar-refractivity contribution in [3.8, 4) is 6.07 Å². The van der Waals surface area contributed by atoms with Crippen LogP contribution < -0.4 is 5.32 Å². The second-order valence-corrected chi connectivity index (χ2v) is 4.24. The van der Waals surface area contributed by atoms with Gasteiger partial charge in [0.15, 0.2) is 0 Å². The normalized spacial score (nSPS) is 23.6. The first-order chi connectivity index (χ1) is 7.99. The SMILES string of the molecule is N#Cc1ccc(NC2CC(C(F)(F)F)C2)cc1. The van der Waals surface area contributed by atoms with E-state index in [2.05, 4.69) is 5.32 Å². The number of nitrogens with one attached hydrogen (secondary N) is 1. The zero-order valence-corrected chi connectivity index (χ0v) is 8.96. The van der Waals surface area contributed by atoms with E-state index in [-0.39, 0.29) is 18.9 Å². The average molecular weight is 240 g/mol. The van der Waals surface area contributed by atoms with Crippen molar-refractivity contribution in [2.24, 2.45) is 5.92 Å². The molecule has 1 N–H and O–H groups in total. The predicted molar refractivity (Wildman–Crippen MR) is 57.3 cm³/mol. The van der Waals surface area contributed by atoms with Crippen LogP contribution in [0.4, 0.5) is 18.9 Å². The van der Waals surface area contributed by atoms with Gasteiger partial charge in [-0.2, -0.15) is 18.4 Å². The number of nitrogens with zero attached hydrogens (tertiary/aromatic N) is 1. The van der Waals surface area contributed by atoms with Gasteiger partial charge in [0, 0.05) is 11.7 Å². The zero-order valence-electron chi connectivity index (χ0n) is 8.96. The molecule has 5 heteroatoms. The molecule has 0 atom stereocenters. The lowest BCUT2D eigenvalue weighted by Crippen LogP contribution is -2.43. The lowest BCUT2D eigenvalue weighted by atomic mass is 9.79. The molecule has 1 aromatic carbocycles. The van der Waals surface area contributed by atoms with Gasteiger partial charge in [0.25, 0.3) is 0 Å². The highest BCUT2D eigenvalue weighted by Gasteiger charge is 2.47. The van der Waals surface area contributed by atoms with Crippen molar-refractivity contribution in [3.05, 3.63) is 29.8 Å². The number of benzene rings is 1. The van der Waals surface area contributed by atoms with E-state index in [1.807, 2.05) is 6.07 Å². The van der Waals surface area contributed by atoms with E-state index in [0.29, 0.717) is 5.56 Å². The monoisotopic (exact) mass is 240 g/mol. The van der Waals surface area contributed by atoms with Crippen LogP contribution in [0.15, 0.2) is 24.3 Å². The Balaban J connectivity index is 1.86. The average Bonchev–Trinajstić information content (AvgIpc) is 2.22. The number of rotatable bonds is 2. The Kier molecular flexibility index (Phi) is 2.97. The number of nitriles is 1. The second-order valence-electron chi connectivity index (χ2n) is 4.24. The van der Waals surface area contributed by atoms with Crippen LogP contribution >= 0.6 is 0 Å². The fourth-order valence-corrected chi connectivity index (χ4v) is 1.88. The molecule has 0 aliphatic heterocycles. The van der Waals surface area contributed by atoms with E-state index >= 15 is 0 Å². The van der Waals surface area contributed by atoms with Crippen molar-refractivity contribution in [3.63, 3.8) is 0 Å². The predicted octanol–water partition coefficient (Wildman–Crippen LogP) is 3.31. The Morgan fingerprint density at radius 3 is 2.24 bits per heavy atom. The number of hydrogen-bond donors (Lipinski definition) is 1. The number of alkyl halides is 3. The van der Waals surface area contributed by atoms with Crippen molar-refractivity contribution in [2.45, 2.75) is 25.1 Å². The third-order valence-electron chi connectivity index (χ3n) is 2.99. The van der Waals surface area contributed by atoms with Crippen LogP contribution in [0.1, 0.15) is 18.4 Å². The summed E-state index contributed by atoms with van der Waals surface area (Å²) < 4.78 is 36.7. The van der Waals surface area contributed by atoms with Crippen LogP contribution in [0.25, 0.3) is 0 Å². The molecule has 2 rings (SSSR count). The molecule has 0 radical (unpaired) electrons. The van der Waals surface area contributed by atoms with Crippen LogP contribution in [0.2, 0.25) is 0 Å². The standard InChI is InChI=1S/C12H11F3N2/c13-12(14,15)9-5-11(6-9)17-10-3-1-8(7-16)2-4-10/h1-4,9,11,17H,5-6H2. The second kappa shape index (κ2) is 4.28. The van der Waals surface area contributed by atoms with E-state index in [1.54, 1.807) is 24.3 Å². The summed E-state index contributed by atoms with van der Waals surface area (Å²) in [5.74, 6) is -1.17. The Morgan fingerprint density at radius 1 is 1.18 bits per heavy atom. The van der Waals surface area contributed by atoms with Gasteiger partial charge in [-0.05, 0) is 37.1 Å². The minimum atomic E-state index is -4.07.